The summed E-state index contributed by atoms with van der Waals surface area (Å²) in [5, 5.41) is 0. The van der Waals surface area contributed by atoms with E-state index in [1.807, 2.05) is 32.0 Å². The Hall–Kier alpha value is -1.96. The highest BCUT2D eigenvalue weighted by atomic mass is 19.1. The first kappa shape index (κ1) is 13.5. The van der Waals surface area contributed by atoms with Crippen LogP contribution in [0.4, 0.5) is 4.39 Å². The highest BCUT2D eigenvalue weighted by molar-refractivity contribution is 5.98. The second-order valence-corrected chi connectivity index (χ2v) is 4.91. The van der Waals surface area contributed by atoms with Crippen LogP contribution in [0.2, 0.25) is 0 Å². The molecule has 0 fully saturated rings. The van der Waals surface area contributed by atoms with Gasteiger partial charge >= 0.3 is 0 Å². The Morgan fingerprint density at radius 1 is 0.947 bits per heavy atom. The molecule has 0 spiro atoms. The Morgan fingerprint density at radius 2 is 1.47 bits per heavy atom. The van der Waals surface area contributed by atoms with Gasteiger partial charge in [0.15, 0.2) is 5.78 Å². The lowest BCUT2D eigenvalue weighted by molar-refractivity contribution is 0.0988. The molecule has 0 saturated carbocycles. The van der Waals surface area contributed by atoms with Crippen LogP contribution in [0.15, 0.2) is 36.4 Å². The number of hydrogen-bond acceptors (Lipinski definition) is 1. The zero-order valence-electron chi connectivity index (χ0n) is 11.5. The molecular weight excluding hydrogens is 239 g/mol. The minimum Gasteiger partial charge on any atom is -0.294 e. The predicted octanol–water partition coefficient (Wildman–Crippen LogP) is 4.18. The van der Waals surface area contributed by atoms with Crippen molar-refractivity contribution in [1.29, 1.82) is 0 Å². The second-order valence-electron chi connectivity index (χ2n) is 4.91. The largest absolute Gasteiger partial charge is 0.294 e. The lowest BCUT2D eigenvalue weighted by Crippen LogP contribution is -2.09. The standard InChI is InChI=1S/C17H17FO/c1-11-6-4-7-12(2)15(11)10-16(19)14-9-5-8-13(3)17(14)18/h4-9H,10H2,1-3H3. The van der Waals surface area contributed by atoms with Gasteiger partial charge in [0.05, 0.1) is 5.56 Å². The molecule has 2 aromatic carbocycles. The summed E-state index contributed by atoms with van der Waals surface area (Å²) in [5.74, 6) is -0.572. The molecule has 2 aromatic rings. The number of aryl methyl sites for hydroxylation is 3. The lowest BCUT2D eigenvalue weighted by Gasteiger charge is -2.10. The van der Waals surface area contributed by atoms with Gasteiger partial charge in [0.1, 0.15) is 5.82 Å². The van der Waals surface area contributed by atoms with E-state index < -0.39 is 5.82 Å². The van der Waals surface area contributed by atoms with Crippen LogP contribution in [0.1, 0.15) is 32.6 Å². The maximum Gasteiger partial charge on any atom is 0.170 e. The average Bonchev–Trinajstić information content (AvgIpc) is 2.37. The molecule has 0 saturated heterocycles. The van der Waals surface area contributed by atoms with Crippen LogP contribution < -0.4 is 0 Å². The van der Waals surface area contributed by atoms with E-state index in [9.17, 15) is 9.18 Å². The van der Waals surface area contributed by atoms with Gasteiger partial charge in [-0.2, -0.15) is 0 Å². The summed E-state index contributed by atoms with van der Waals surface area (Å²) in [7, 11) is 0. The summed E-state index contributed by atoms with van der Waals surface area (Å²) in [4.78, 5) is 12.3. The van der Waals surface area contributed by atoms with Crippen molar-refractivity contribution in [2.45, 2.75) is 27.2 Å². The molecule has 0 aliphatic rings. The molecule has 0 aromatic heterocycles. The summed E-state index contributed by atoms with van der Waals surface area (Å²) in [5.41, 5.74) is 3.83. The number of carbonyl (C=O) groups is 1. The molecule has 0 bridgehead atoms. The Morgan fingerprint density at radius 3 is 2.11 bits per heavy atom. The van der Waals surface area contributed by atoms with Crippen LogP contribution in [-0.4, -0.2) is 5.78 Å². The van der Waals surface area contributed by atoms with Crippen LogP contribution in [0, 0.1) is 26.6 Å². The van der Waals surface area contributed by atoms with E-state index in [2.05, 4.69) is 0 Å². The first-order valence-corrected chi connectivity index (χ1v) is 6.34. The van der Waals surface area contributed by atoms with Crippen molar-refractivity contribution < 1.29 is 9.18 Å². The van der Waals surface area contributed by atoms with E-state index in [0.717, 1.165) is 16.7 Å². The molecule has 0 aliphatic carbocycles. The molecule has 0 N–H and O–H groups in total. The van der Waals surface area contributed by atoms with Crippen molar-refractivity contribution in [2.24, 2.45) is 0 Å². The molecule has 1 nitrogen and oxygen atoms in total. The Balaban J connectivity index is 2.34. The van der Waals surface area contributed by atoms with E-state index in [1.165, 1.54) is 0 Å². The normalized spacial score (nSPS) is 10.5. The topological polar surface area (TPSA) is 17.1 Å². The van der Waals surface area contributed by atoms with Crippen LogP contribution in [-0.2, 0) is 6.42 Å². The van der Waals surface area contributed by atoms with Crippen LogP contribution in [0.3, 0.4) is 0 Å². The molecule has 2 rings (SSSR count). The van der Waals surface area contributed by atoms with Gasteiger partial charge in [-0.05, 0) is 49.1 Å². The molecule has 0 unspecified atom stereocenters. The van der Waals surface area contributed by atoms with Crippen LogP contribution in [0.5, 0.6) is 0 Å². The molecular formula is C17H17FO. The monoisotopic (exact) mass is 256 g/mol. The van der Waals surface area contributed by atoms with Gasteiger partial charge in [0.25, 0.3) is 0 Å². The molecule has 0 amide bonds. The van der Waals surface area contributed by atoms with Crippen molar-refractivity contribution in [3.8, 4) is 0 Å². The highest BCUT2D eigenvalue weighted by Crippen LogP contribution is 2.19. The molecule has 98 valence electrons. The fraction of sp³-hybridized carbons (Fsp3) is 0.235. The van der Waals surface area contributed by atoms with Crippen LogP contribution in [0.25, 0.3) is 0 Å². The van der Waals surface area contributed by atoms with E-state index in [1.54, 1.807) is 25.1 Å². The molecule has 0 aliphatic heterocycles. The van der Waals surface area contributed by atoms with Crippen molar-refractivity contribution >= 4 is 5.78 Å². The first-order chi connectivity index (χ1) is 9.00. The number of halogens is 1. The third kappa shape index (κ3) is 2.73. The summed E-state index contributed by atoms with van der Waals surface area (Å²) < 4.78 is 13.9. The maximum absolute atomic E-state index is 13.9. The van der Waals surface area contributed by atoms with E-state index >= 15 is 0 Å². The number of benzene rings is 2. The summed E-state index contributed by atoms with van der Waals surface area (Å²) >= 11 is 0. The van der Waals surface area contributed by atoms with Crippen LogP contribution >= 0.6 is 0 Å². The summed E-state index contributed by atoms with van der Waals surface area (Å²) in [6, 6.07) is 10.9. The summed E-state index contributed by atoms with van der Waals surface area (Å²) in [6.07, 6.45) is 0.249. The molecule has 2 heteroatoms. The predicted molar refractivity (Wildman–Crippen MR) is 75.1 cm³/mol. The van der Waals surface area contributed by atoms with Gasteiger partial charge < -0.3 is 0 Å². The molecule has 0 heterocycles. The Kier molecular flexibility index (Phi) is 3.79. The number of Topliss-reactive ketones (excluding diaryl/α,β-unsaturated/α-hetero) is 1. The Labute approximate surface area is 113 Å². The summed E-state index contributed by atoms with van der Waals surface area (Å²) in [6.45, 7) is 5.62. The SMILES string of the molecule is Cc1cccc(C(=O)Cc2c(C)cccc2C)c1F. The van der Waals surface area contributed by atoms with Gasteiger partial charge in [-0.25, -0.2) is 4.39 Å². The average molecular weight is 256 g/mol. The number of carbonyl (C=O) groups excluding carboxylic acids is 1. The minimum atomic E-state index is -0.404. The Bertz CT molecular complexity index is 609. The van der Waals surface area contributed by atoms with Gasteiger partial charge in [-0.1, -0.05) is 30.3 Å². The quantitative estimate of drug-likeness (QED) is 0.753. The highest BCUT2D eigenvalue weighted by Gasteiger charge is 2.15. The third-order valence-corrected chi connectivity index (χ3v) is 3.47. The smallest absolute Gasteiger partial charge is 0.170 e. The van der Waals surface area contributed by atoms with E-state index in [4.69, 9.17) is 0 Å². The van der Waals surface area contributed by atoms with Crippen molar-refractivity contribution in [3.05, 3.63) is 70.0 Å². The second kappa shape index (κ2) is 5.35. The lowest BCUT2D eigenvalue weighted by atomic mass is 9.95. The molecule has 0 radical (unpaired) electrons. The van der Waals surface area contributed by atoms with E-state index in [0.29, 0.717) is 5.56 Å². The third-order valence-electron chi connectivity index (χ3n) is 3.47. The van der Waals surface area contributed by atoms with Crippen molar-refractivity contribution in [2.75, 3.05) is 0 Å². The fourth-order valence-corrected chi connectivity index (χ4v) is 2.25. The molecule has 19 heavy (non-hydrogen) atoms. The number of rotatable bonds is 3. The zero-order valence-corrected chi connectivity index (χ0v) is 11.5. The zero-order chi connectivity index (χ0) is 14.0. The van der Waals surface area contributed by atoms with Gasteiger partial charge in [0, 0.05) is 6.42 Å². The van der Waals surface area contributed by atoms with Crippen molar-refractivity contribution in [3.63, 3.8) is 0 Å². The molecule has 0 atom stereocenters. The first-order valence-electron chi connectivity index (χ1n) is 6.34. The van der Waals surface area contributed by atoms with Gasteiger partial charge in [0.2, 0.25) is 0 Å². The van der Waals surface area contributed by atoms with Crippen molar-refractivity contribution in [1.82, 2.24) is 0 Å². The van der Waals surface area contributed by atoms with Gasteiger partial charge in [-0.15, -0.1) is 0 Å². The fourth-order valence-electron chi connectivity index (χ4n) is 2.25. The number of hydrogen-bond donors (Lipinski definition) is 0. The van der Waals surface area contributed by atoms with Gasteiger partial charge in [-0.3, -0.25) is 4.79 Å². The maximum atomic E-state index is 13.9. The number of ketones is 1. The minimum absolute atomic E-state index is 0.168. The van der Waals surface area contributed by atoms with E-state index in [-0.39, 0.29) is 17.8 Å².